The monoisotopic (exact) mass is 358 g/mol. The van der Waals surface area contributed by atoms with E-state index in [2.05, 4.69) is 5.10 Å². The first-order chi connectivity index (χ1) is 11.7. The number of halogens is 3. The lowest BCUT2D eigenvalue weighted by molar-refractivity contribution is -0.297. The summed E-state index contributed by atoms with van der Waals surface area (Å²) < 4.78 is 45.3. The Morgan fingerprint density at radius 3 is 2.72 bits per heavy atom. The van der Waals surface area contributed by atoms with Crippen molar-refractivity contribution < 1.29 is 27.8 Å². The van der Waals surface area contributed by atoms with Crippen LogP contribution in [-0.4, -0.2) is 40.7 Å². The summed E-state index contributed by atoms with van der Waals surface area (Å²) in [6.07, 6.45) is -3.03. The Morgan fingerprint density at radius 1 is 1.40 bits per heavy atom. The summed E-state index contributed by atoms with van der Waals surface area (Å²) >= 11 is 0. The number of ether oxygens (including phenoxy) is 1. The fourth-order valence-corrected chi connectivity index (χ4v) is 2.65. The third-order valence-electron chi connectivity index (χ3n) is 4.07. The SMILES string of the molecule is CCCCCC1=NN(C(=O)c2cccc(OC)c2)C(O)(C(F)(F)F)C1. The zero-order valence-electron chi connectivity index (χ0n) is 14.1. The van der Waals surface area contributed by atoms with Gasteiger partial charge in [0.1, 0.15) is 5.75 Å². The molecule has 0 fully saturated rings. The minimum Gasteiger partial charge on any atom is -0.497 e. The second-order valence-corrected chi connectivity index (χ2v) is 5.96. The van der Waals surface area contributed by atoms with Crippen molar-refractivity contribution in [3.63, 3.8) is 0 Å². The summed E-state index contributed by atoms with van der Waals surface area (Å²) in [5.41, 5.74) is -3.19. The number of methoxy groups -OCH3 is 1. The standard InChI is InChI=1S/C17H21F3N2O3/c1-3-4-5-8-13-11-16(24,17(18,19)20)22(21-13)15(23)12-7-6-9-14(10-12)25-2/h6-7,9-10,24H,3-5,8,11H2,1-2H3. The number of nitrogens with zero attached hydrogens (tertiary/aromatic N) is 2. The highest BCUT2D eigenvalue weighted by molar-refractivity contribution is 5.98. The number of amides is 1. The van der Waals surface area contributed by atoms with Crippen LogP contribution in [0.2, 0.25) is 0 Å². The van der Waals surface area contributed by atoms with Gasteiger partial charge >= 0.3 is 6.18 Å². The van der Waals surface area contributed by atoms with E-state index in [1.165, 1.54) is 25.3 Å². The van der Waals surface area contributed by atoms with Gasteiger partial charge in [-0.3, -0.25) is 4.79 Å². The van der Waals surface area contributed by atoms with Gasteiger partial charge in [0.05, 0.1) is 7.11 Å². The van der Waals surface area contributed by atoms with E-state index < -0.39 is 24.2 Å². The Balaban J connectivity index is 2.32. The molecule has 5 nitrogen and oxygen atoms in total. The van der Waals surface area contributed by atoms with E-state index in [0.29, 0.717) is 18.6 Å². The molecule has 0 bridgehead atoms. The number of hydrazone groups is 1. The van der Waals surface area contributed by atoms with Gasteiger partial charge in [0.25, 0.3) is 11.6 Å². The van der Waals surface area contributed by atoms with Crippen molar-refractivity contribution in [1.82, 2.24) is 5.01 Å². The number of carbonyl (C=O) groups excluding carboxylic acids is 1. The van der Waals surface area contributed by atoms with Crippen molar-refractivity contribution >= 4 is 11.6 Å². The van der Waals surface area contributed by atoms with E-state index in [0.717, 1.165) is 12.8 Å². The molecule has 1 aliphatic rings. The van der Waals surface area contributed by atoms with Crippen LogP contribution in [-0.2, 0) is 0 Å². The van der Waals surface area contributed by atoms with Crippen LogP contribution >= 0.6 is 0 Å². The molecule has 0 saturated heterocycles. The Labute approximate surface area is 144 Å². The zero-order chi connectivity index (χ0) is 18.7. The molecule has 1 aromatic rings. The van der Waals surface area contributed by atoms with Gasteiger partial charge in [0.2, 0.25) is 0 Å². The summed E-state index contributed by atoms with van der Waals surface area (Å²) in [5.74, 6) is -0.697. The van der Waals surface area contributed by atoms with Gasteiger partial charge in [-0.2, -0.15) is 23.3 Å². The average molecular weight is 358 g/mol. The molecular formula is C17H21F3N2O3. The Bertz CT molecular complexity index is 661. The van der Waals surface area contributed by atoms with Crippen LogP contribution in [0.3, 0.4) is 0 Å². The van der Waals surface area contributed by atoms with Crippen molar-refractivity contribution in [2.24, 2.45) is 5.10 Å². The van der Waals surface area contributed by atoms with E-state index in [1.54, 1.807) is 6.07 Å². The molecule has 1 aromatic carbocycles. The predicted molar refractivity (Wildman–Crippen MR) is 86.4 cm³/mol. The molecule has 1 atom stereocenters. The zero-order valence-corrected chi connectivity index (χ0v) is 14.1. The van der Waals surface area contributed by atoms with Gasteiger partial charge in [0, 0.05) is 17.7 Å². The topological polar surface area (TPSA) is 62.1 Å². The number of hydrogen-bond acceptors (Lipinski definition) is 4. The lowest BCUT2D eigenvalue weighted by Gasteiger charge is -2.32. The summed E-state index contributed by atoms with van der Waals surface area (Å²) in [6.45, 7) is 1.97. The maximum atomic E-state index is 13.4. The highest BCUT2D eigenvalue weighted by Crippen LogP contribution is 2.41. The Kier molecular flexibility index (Phi) is 5.72. The molecule has 0 aliphatic carbocycles. The molecule has 1 aliphatic heterocycles. The minimum atomic E-state index is -5.02. The molecule has 25 heavy (non-hydrogen) atoms. The number of carbonyl (C=O) groups is 1. The van der Waals surface area contributed by atoms with Gasteiger partial charge in [-0.05, 0) is 31.0 Å². The molecule has 8 heteroatoms. The van der Waals surface area contributed by atoms with Gasteiger partial charge in [-0.25, -0.2) is 0 Å². The lowest BCUT2D eigenvalue weighted by Crippen LogP contribution is -2.56. The molecular weight excluding hydrogens is 337 g/mol. The van der Waals surface area contributed by atoms with Crippen molar-refractivity contribution in [2.45, 2.75) is 50.9 Å². The summed E-state index contributed by atoms with van der Waals surface area (Å²) in [5, 5.41) is 14.2. The molecule has 0 aromatic heterocycles. The predicted octanol–water partition coefficient (Wildman–Crippen LogP) is 3.73. The number of aliphatic hydroxyl groups is 1. The molecule has 1 amide bonds. The van der Waals surface area contributed by atoms with Crippen LogP contribution in [0.5, 0.6) is 5.75 Å². The summed E-state index contributed by atoms with van der Waals surface area (Å²) in [4.78, 5) is 12.6. The maximum Gasteiger partial charge on any atom is 0.438 e. The Hall–Kier alpha value is -2.09. The van der Waals surface area contributed by atoms with Crippen LogP contribution in [0.15, 0.2) is 29.4 Å². The van der Waals surface area contributed by atoms with Gasteiger partial charge in [0.15, 0.2) is 0 Å². The van der Waals surface area contributed by atoms with Gasteiger partial charge < -0.3 is 9.84 Å². The summed E-state index contributed by atoms with van der Waals surface area (Å²) in [7, 11) is 1.38. The number of rotatable bonds is 6. The average Bonchev–Trinajstić information content (AvgIpc) is 2.92. The number of alkyl halides is 3. The number of hydrogen-bond donors (Lipinski definition) is 1. The smallest absolute Gasteiger partial charge is 0.438 e. The van der Waals surface area contributed by atoms with Crippen molar-refractivity contribution in [3.8, 4) is 5.75 Å². The third kappa shape index (κ3) is 3.95. The fourth-order valence-electron chi connectivity index (χ4n) is 2.65. The number of benzene rings is 1. The van der Waals surface area contributed by atoms with Gasteiger partial charge in [-0.15, -0.1) is 0 Å². The first kappa shape index (κ1) is 19.2. The summed E-state index contributed by atoms with van der Waals surface area (Å²) in [6, 6.07) is 5.72. The highest BCUT2D eigenvalue weighted by Gasteiger charge is 2.63. The van der Waals surface area contributed by atoms with Crippen molar-refractivity contribution in [2.75, 3.05) is 7.11 Å². The van der Waals surface area contributed by atoms with E-state index in [-0.39, 0.29) is 16.3 Å². The van der Waals surface area contributed by atoms with E-state index in [9.17, 15) is 23.1 Å². The highest BCUT2D eigenvalue weighted by atomic mass is 19.4. The molecule has 0 radical (unpaired) electrons. The van der Waals surface area contributed by atoms with Gasteiger partial charge in [-0.1, -0.05) is 25.8 Å². The number of unbranched alkanes of at least 4 members (excludes halogenated alkanes) is 2. The molecule has 1 unspecified atom stereocenters. The lowest BCUT2D eigenvalue weighted by atomic mass is 10.0. The van der Waals surface area contributed by atoms with E-state index >= 15 is 0 Å². The fraction of sp³-hybridized carbons (Fsp3) is 0.529. The first-order valence-electron chi connectivity index (χ1n) is 8.07. The van der Waals surface area contributed by atoms with Crippen LogP contribution in [0.4, 0.5) is 13.2 Å². The van der Waals surface area contributed by atoms with Crippen LogP contribution < -0.4 is 4.74 Å². The minimum absolute atomic E-state index is 0.0411. The van der Waals surface area contributed by atoms with Crippen LogP contribution in [0.25, 0.3) is 0 Å². The second kappa shape index (κ2) is 7.43. The normalized spacial score (nSPS) is 20.6. The largest absolute Gasteiger partial charge is 0.497 e. The molecule has 0 saturated carbocycles. The third-order valence-corrected chi connectivity index (χ3v) is 4.07. The molecule has 0 spiro atoms. The maximum absolute atomic E-state index is 13.4. The molecule has 1 N–H and O–H groups in total. The van der Waals surface area contributed by atoms with E-state index in [4.69, 9.17) is 4.74 Å². The first-order valence-corrected chi connectivity index (χ1v) is 8.07. The van der Waals surface area contributed by atoms with E-state index in [1.807, 2.05) is 6.92 Å². The van der Waals surface area contributed by atoms with Crippen molar-refractivity contribution in [3.05, 3.63) is 29.8 Å². The molecule has 1 heterocycles. The van der Waals surface area contributed by atoms with Crippen LogP contribution in [0.1, 0.15) is 49.4 Å². The quantitative estimate of drug-likeness (QED) is 0.788. The molecule has 138 valence electrons. The molecule has 2 rings (SSSR count). The van der Waals surface area contributed by atoms with Crippen LogP contribution in [0, 0.1) is 0 Å². The van der Waals surface area contributed by atoms with Crippen molar-refractivity contribution in [1.29, 1.82) is 0 Å². The second-order valence-electron chi connectivity index (χ2n) is 5.96. The Morgan fingerprint density at radius 2 is 2.12 bits per heavy atom.